The van der Waals surface area contributed by atoms with E-state index in [4.69, 9.17) is 14.2 Å². The maximum atomic E-state index is 14.7. The number of carbonyl (C=O) groups excluding carboxylic acids is 3. The Hall–Kier alpha value is -4.62. The lowest BCUT2D eigenvalue weighted by atomic mass is 10.0. The van der Waals surface area contributed by atoms with Crippen molar-refractivity contribution in [3.05, 3.63) is 101 Å². The molecule has 0 radical (unpaired) electrons. The molecule has 10 nitrogen and oxygen atoms in total. The SMILES string of the molecule is C[C@@H]1O[C@H](CCc2c(F)cccc2NC(=O)CNC(=O)OC(C)(C)C)CN(C(=O)OC(C)(C)C)[C@@H]1CO.Fc1ccc(Cc2ccc(F)cc2)cc1. The molecular weight excluding hydrogens is 679 g/mol. The molecule has 1 heterocycles. The molecule has 1 aliphatic rings. The van der Waals surface area contributed by atoms with Crippen LogP contribution in [0, 0.1) is 17.5 Å². The van der Waals surface area contributed by atoms with Gasteiger partial charge in [-0.05, 0) is 115 Å². The van der Waals surface area contributed by atoms with E-state index >= 15 is 0 Å². The molecule has 52 heavy (non-hydrogen) atoms. The molecule has 1 fully saturated rings. The van der Waals surface area contributed by atoms with Crippen LogP contribution >= 0.6 is 0 Å². The number of amides is 3. The smallest absolute Gasteiger partial charge is 0.410 e. The third-order valence-electron chi connectivity index (χ3n) is 7.70. The number of hydrogen-bond acceptors (Lipinski definition) is 7. The number of morpholine rings is 1. The summed E-state index contributed by atoms with van der Waals surface area (Å²) in [4.78, 5) is 38.4. The third-order valence-corrected chi connectivity index (χ3v) is 7.70. The summed E-state index contributed by atoms with van der Waals surface area (Å²) in [5.74, 6) is -1.52. The van der Waals surface area contributed by atoms with E-state index in [1.807, 2.05) is 0 Å². The number of nitrogens with one attached hydrogen (secondary N) is 2. The molecule has 0 bridgehead atoms. The van der Waals surface area contributed by atoms with Crippen molar-refractivity contribution >= 4 is 23.8 Å². The number of anilines is 1. The molecule has 3 N–H and O–H groups in total. The number of rotatable bonds is 9. The third kappa shape index (κ3) is 14.2. The zero-order valence-electron chi connectivity index (χ0n) is 30.8. The van der Waals surface area contributed by atoms with Crippen LogP contribution in [-0.2, 0) is 31.8 Å². The second kappa shape index (κ2) is 18.7. The van der Waals surface area contributed by atoms with Gasteiger partial charge in [-0.25, -0.2) is 22.8 Å². The first-order chi connectivity index (χ1) is 24.3. The lowest BCUT2D eigenvalue weighted by molar-refractivity contribution is -0.122. The van der Waals surface area contributed by atoms with Gasteiger partial charge in [-0.3, -0.25) is 9.69 Å². The highest BCUT2D eigenvalue weighted by Crippen LogP contribution is 2.26. The lowest BCUT2D eigenvalue weighted by Gasteiger charge is -2.43. The van der Waals surface area contributed by atoms with E-state index in [2.05, 4.69) is 10.6 Å². The summed E-state index contributed by atoms with van der Waals surface area (Å²) < 4.78 is 56.6. The maximum Gasteiger partial charge on any atom is 0.410 e. The highest BCUT2D eigenvalue weighted by molar-refractivity contribution is 5.94. The van der Waals surface area contributed by atoms with E-state index in [-0.39, 0.29) is 49.0 Å². The van der Waals surface area contributed by atoms with E-state index in [1.54, 1.807) is 78.8 Å². The van der Waals surface area contributed by atoms with Gasteiger partial charge in [-0.2, -0.15) is 0 Å². The quantitative estimate of drug-likeness (QED) is 0.213. The highest BCUT2D eigenvalue weighted by Gasteiger charge is 2.39. The number of halogens is 3. The number of aliphatic hydroxyl groups excluding tert-OH is 1. The van der Waals surface area contributed by atoms with Crippen LogP contribution in [-0.4, -0.2) is 77.2 Å². The highest BCUT2D eigenvalue weighted by atomic mass is 19.1. The summed E-state index contributed by atoms with van der Waals surface area (Å²) >= 11 is 0. The number of ether oxygens (including phenoxy) is 3. The van der Waals surface area contributed by atoms with Crippen LogP contribution in [0.5, 0.6) is 0 Å². The molecule has 3 aromatic rings. The van der Waals surface area contributed by atoms with Gasteiger partial charge in [-0.15, -0.1) is 0 Å². The van der Waals surface area contributed by atoms with Gasteiger partial charge in [0, 0.05) is 11.3 Å². The van der Waals surface area contributed by atoms with Crippen molar-refractivity contribution in [1.29, 1.82) is 0 Å². The molecule has 13 heteroatoms. The van der Waals surface area contributed by atoms with Crippen LogP contribution in [0.15, 0.2) is 66.7 Å². The average Bonchev–Trinajstić information content (AvgIpc) is 3.04. The predicted molar refractivity (Wildman–Crippen MR) is 191 cm³/mol. The first kappa shape index (κ1) is 41.8. The van der Waals surface area contributed by atoms with Gasteiger partial charge in [0.2, 0.25) is 5.91 Å². The molecule has 3 aromatic carbocycles. The zero-order chi connectivity index (χ0) is 38.6. The van der Waals surface area contributed by atoms with Gasteiger partial charge in [0.05, 0.1) is 31.4 Å². The molecule has 0 saturated carbocycles. The molecule has 4 rings (SSSR count). The van der Waals surface area contributed by atoms with Crippen molar-refractivity contribution in [3.63, 3.8) is 0 Å². The minimum Gasteiger partial charge on any atom is -0.444 e. The first-order valence-corrected chi connectivity index (χ1v) is 17.1. The summed E-state index contributed by atoms with van der Waals surface area (Å²) in [5.41, 5.74) is 1.18. The van der Waals surface area contributed by atoms with Crippen LogP contribution < -0.4 is 10.6 Å². The molecule has 0 unspecified atom stereocenters. The van der Waals surface area contributed by atoms with E-state index in [1.165, 1.54) is 41.3 Å². The Morgan fingerprint density at radius 1 is 0.865 bits per heavy atom. The Labute approximate surface area is 303 Å². The van der Waals surface area contributed by atoms with Crippen molar-refractivity contribution in [3.8, 4) is 0 Å². The van der Waals surface area contributed by atoms with Crippen molar-refractivity contribution in [2.75, 3.05) is 25.0 Å². The Bertz CT molecular complexity index is 1580. The van der Waals surface area contributed by atoms with Crippen molar-refractivity contribution in [2.45, 2.75) is 97.2 Å². The fraction of sp³-hybridized carbons (Fsp3) is 0.462. The number of aliphatic hydroxyl groups is 1. The molecule has 1 aliphatic heterocycles. The maximum absolute atomic E-state index is 14.7. The van der Waals surface area contributed by atoms with Crippen molar-refractivity contribution in [1.82, 2.24) is 10.2 Å². The van der Waals surface area contributed by atoms with Crippen LogP contribution in [0.1, 0.15) is 71.6 Å². The number of nitrogens with zero attached hydrogens (tertiary/aromatic N) is 1. The molecule has 1 saturated heterocycles. The molecule has 0 aliphatic carbocycles. The van der Waals surface area contributed by atoms with E-state index < -0.39 is 53.4 Å². The zero-order valence-corrected chi connectivity index (χ0v) is 30.8. The molecular formula is C39H50F3N3O7. The Kier molecular flexibility index (Phi) is 15.1. The Morgan fingerprint density at radius 2 is 1.42 bits per heavy atom. The van der Waals surface area contributed by atoms with Crippen LogP contribution in [0.3, 0.4) is 0 Å². The number of benzene rings is 3. The van der Waals surface area contributed by atoms with Gasteiger partial charge >= 0.3 is 12.2 Å². The average molecular weight is 730 g/mol. The first-order valence-electron chi connectivity index (χ1n) is 17.1. The minimum atomic E-state index is -0.735. The van der Waals surface area contributed by atoms with Crippen molar-refractivity contribution in [2.24, 2.45) is 0 Å². The molecule has 284 valence electrons. The number of carbonyl (C=O) groups is 3. The predicted octanol–water partition coefficient (Wildman–Crippen LogP) is 7.16. The summed E-state index contributed by atoms with van der Waals surface area (Å²) in [6.07, 6.45) is -0.935. The molecule has 0 aromatic heterocycles. The second-order valence-corrected chi connectivity index (χ2v) is 14.5. The molecule has 0 spiro atoms. The minimum absolute atomic E-state index is 0.167. The summed E-state index contributed by atoms with van der Waals surface area (Å²) in [6.45, 7) is 11.7. The summed E-state index contributed by atoms with van der Waals surface area (Å²) in [7, 11) is 0. The number of hydrogen-bond donors (Lipinski definition) is 3. The van der Waals surface area contributed by atoms with Gasteiger partial charge < -0.3 is 30.0 Å². The standard InChI is InChI=1S/C26H40FN3O7.C13H10F2/c1-16-21(15-31)30(24(34)37-26(5,6)7)14-17(35-16)11-12-18-19(27)9-8-10-20(18)29-22(32)13-28-23(33)36-25(2,3)4;14-12-5-1-10(2-6-12)9-11-3-7-13(15)8-4-11/h8-10,16-17,21,31H,11-15H2,1-7H3,(H,28,33)(H,29,32);1-8H,9H2/t16-,17+,21+;/m0./s1. The second-order valence-electron chi connectivity index (χ2n) is 14.5. The van der Waals surface area contributed by atoms with E-state index in [0.29, 0.717) is 12.8 Å². The normalized spacial score (nSPS) is 17.4. The fourth-order valence-electron chi connectivity index (χ4n) is 5.32. The van der Waals surface area contributed by atoms with Crippen LogP contribution in [0.2, 0.25) is 0 Å². The van der Waals surface area contributed by atoms with E-state index in [0.717, 1.165) is 11.1 Å². The van der Waals surface area contributed by atoms with Gasteiger partial charge in [-0.1, -0.05) is 30.3 Å². The molecule has 3 amide bonds. The van der Waals surface area contributed by atoms with Gasteiger partial charge in [0.15, 0.2) is 0 Å². The largest absolute Gasteiger partial charge is 0.444 e. The van der Waals surface area contributed by atoms with Gasteiger partial charge in [0.1, 0.15) is 35.2 Å². The fourth-order valence-corrected chi connectivity index (χ4v) is 5.32. The Balaban J connectivity index is 0.000000400. The summed E-state index contributed by atoms with van der Waals surface area (Å²) in [5, 5.41) is 14.8. The Morgan fingerprint density at radius 3 is 1.94 bits per heavy atom. The molecule has 3 atom stereocenters. The van der Waals surface area contributed by atoms with Crippen LogP contribution in [0.25, 0.3) is 0 Å². The monoisotopic (exact) mass is 729 g/mol. The number of alkyl carbamates (subject to hydrolysis) is 1. The van der Waals surface area contributed by atoms with Crippen molar-refractivity contribution < 1.29 is 46.9 Å². The topological polar surface area (TPSA) is 126 Å². The lowest BCUT2D eigenvalue weighted by Crippen LogP contribution is -2.58. The van der Waals surface area contributed by atoms with E-state index in [9.17, 15) is 32.7 Å². The summed E-state index contributed by atoms with van der Waals surface area (Å²) in [6, 6.07) is 16.4. The van der Waals surface area contributed by atoms with Crippen LogP contribution in [0.4, 0.5) is 28.4 Å². The van der Waals surface area contributed by atoms with Gasteiger partial charge in [0.25, 0.3) is 0 Å².